The van der Waals surface area contributed by atoms with E-state index in [1.807, 2.05) is 12.1 Å². The molecule has 14 nitrogen and oxygen atoms in total. The third kappa shape index (κ3) is 10.7. The number of hydrogen-bond donors (Lipinski definition) is 5. The summed E-state index contributed by atoms with van der Waals surface area (Å²) in [7, 11) is 1.53. The Morgan fingerprint density at radius 2 is 1.52 bits per heavy atom. The smallest absolute Gasteiger partial charge is 0.410 e. The summed E-state index contributed by atoms with van der Waals surface area (Å²) >= 11 is 0. The Hall–Kier alpha value is -5.09. The molecule has 2 saturated carbocycles. The van der Waals surface area contributed by atoms with Crippen molar-refractivity contribution < 1.29 is 47.6 Å². The molecule has 6 rings (SSSR count). The maximum absolute atomic E-state index is 14.4. The van der Waals surface area contributed by atoms with Gasteiger partial charge in [0.25, 0.3) is 5.91 Å². The summed E-state index contributed by atoms with van der Waals surface area (Å²) in [6.07, 6.45) is 6.97. The van der Waals surface area contributed by atoms with Crippen molar-refractivity contribution in [2.24, 2.45) is 0 Å². The minimum absolute atomic E-state index is 0.0891. The second-order valence-corrected chi connectivity index (χ2v) is 14.6. The first kappa shape index (κ1) is 40.1. The maximum Gasteiger partial charge on any atom is 0.410 e. The molecule has 54 heavy (non-hydrogen) atoms. The lowest BCUT2D eigenvalue weighted by atomic mass is 9.91. The van der Waals surface area contributed by atoms with E-state index in [2.05, 4.69) is 25.9 Å². The number of fused-ring (bicyclic) bond motifs is 1. The Morgan fingerprint density at radius 1 is 0.926 bits per heavy atom. The highest BCUT2D eigenvalue weighted by atomic mass is 19.1. The number of pyridine rings is 2. The van der Waals surface area contributed by atoms with Crippen LogP contribution in [-0.2, 0) is 22.4 Å². The van der Waals surface area contributed by atoms with Gasteiger partial charge in [-0.05, 0) is 101 Å². The van der Waals surface area contributed by atoms with E-state index in [4.69, 9.17) is 19.3 Å². The number of nitrogens with one attached hydrogen (secondary N) is 3. The molecule has 0 spiro atoms. The topological polar surface area (TPSA) is 184 Å². The number of aliphatic hydroxyl groups is 1. The molecule has 0 saturated heterocycles. The molecule has 292 valence electrons. The number of carboxylic acids is 1. The van der Waals surface area contributed by atoms with Crippen molar-refractivity contribution in [2.75, 3.05) is 31.1 Å². The van der Waals surface area contributed by atoms with Crippen molar-refractivity contribution in [2.45, 2.75) is 102 Å². The number of hydrogen-bond acceptors (Lipinski definition) is 11. The first-order chi connectivity index (χ1) is 25.7. The number of rotatable bonds is 12. The van der Waals surface area contributed by atoms with Crippen LogP contribution in [0.1, 0.15) is 91.1 Å². The van der Waals surface area contributed by atoms with Gasteiger partial charge in [0, 0.05) is 32.3 Å². The van der Waals surface area contributed by atoms with Crippen LogP contribution in [0.25, 0.3) is 0 Å². The van der Waals surface area contributed by atoms with Crippen LogP contribution in [0.15, 0.2) is 42.7 Å². The molecule has 1 aliphatic heterocycles. The number of benzene rings is 1. The van der Waals surface area contributed by atoms with Crippen molar-refractivity contribution in [1.82, 2.24) is 20.2 Å². The van der Waals surface area contributed by atoms with E-state index in [0.717, 1.165) is 55.6 Å². The third-order valence-corrected chi connectivity index (χ3v) is 9.34. The Labute approximate surface area is 312 Å². The number of methoxy groups -OCH3 is 1. The van der Waals surface area contributed by atoms with Gasteiger partial charge in [0.05, 0.1) is 30.1 Å². The predicted molar refractivity (Wildman–Crippen MR) is 194 cm³/mol. The summed E-state index contributed by atoms with van der Waals surface area (Å²) in [5, 5.41) is 28.7. The molecule has 0 bridgehead atoms. The molecule has 5 N–H and O–H groups in total. The van der Waals surface area contributed by atoms with Crippen LogP contribution in [0.5, 0.6) is 5.75 Å². The van der Waals surface area contributed by atoms with Crippen molar-refractivity contribution in [3.8, 4) is 5.75 Å². The highest BCUT2D eigenvalue weighted by molar-refractivity contribution is 5.95. The van der Waals surface area contributed by atoms with Crippen LogP contribution in [0, 0.1) is 11.6 Å². The molecule has 3 aliphatic rings. The lowest BCUT2D eigenvalue weighted by molar-refractivity contribution is -0.0114. The van der Waals surface area contributed by atoms with Gasteiger partial charge in [0.15, 0.2) is 18.4 Å². The molecule has 2 aromatic heterocycles. The lowest BCUT2D eigenvalue weighted by Crippen LogP contribution is -2.54. The van der Waals surface area contributed by atoms with Gasteiger partial charge in [-0.2, -0.15) is 0 Å². The number of aromatic nitrogens is 2. The summed E-state index contributed by atoms with van der Waals surface area (Å²) < 4.78 is 43.5. The standard InChI is InChI=1S/C28H37FN4O6.C10H11FN2O2/c1-28(2,3)39-27(36)33-15-18-10-20(38-16-37-4)9-8-17(18)11-23(33)24(34)14-31-26(35)21-12-25(30-13-22(21)29)32-19-6-5-7-19;11-8-5-12-9(4-7(8)10(14)15)13-6-2-1-3-6/h8-10,12-13,19,23-24,34H,5-7,11,14-16H2,1-4H3,(H,30,32)(H,31,35);4-6H,1-3H2,(H,12,13)(H,14,15)/t23?,24-;/m1./s1. The Balaban J connectivity index is 0.000000310. The normalized spacial score (nSPS) is 17.4. The number of aliphatic hydroxyl groups excluding tert-OH is 1. The summed E-state index contributed by atoms with van der Waals surface area (Å²) in [6, 6.07) is 8.06. The zero-order chi connectivity index (χ0) is 39.0. The van der Waals surface area contributed by atoms with E-state index in [1.165, 1.54) is 30.6 Å². The predicted octanol–water partition coefficient (Wildman–Crippen LogP) is 5.50. The number of halogens is 2. The molecule has 1 aromatic carbocycles. The van der Waals surface area contributed by atoms with Crippen molar-refractivity contribution in [1.29, 1.82) is 0 Å². The number of carbonyl (C=O) groups is 3. The lowest BCUT2D eigenvalue weighted by Gasteiger charge is -2.40. The van der Waals surface area contributed by atoms with Crippen LogP contribution < -0.4 is 20.7 Å². The van der Waals surface area contributed by atoms with E-state index < -0.39 is 47.4 Å². The number of nitrogens with zero attached hydrogens (tertiary/aromatic N) is 3. The number of amides is 2. The number of carbonyl (C=O) groups excluding carboxylic acids is 2. The van der Waals surface area contributed by atoms with Crippen LogP contribution in [0.4, 0.5) is 25.2 Å². The highest BCUT2D eigenvalue weighted by Gasteiger charge is 2.37. The van der Waals surface area contributed by atoms with Gasteiger partial charge in [-0.3, -0.25) is 9.69 Å². The Kier molecular flexibility index (Phi) is 13.2. The summed E-state index contributed by atoms with van der Waals surface area (Å²) in [6.45, 7) is 5.37. The second-order valence-electron chi connectivity index (χ2n) is 14.6. The molecule has 1 unspecified atom stereocenters. The summed E-state index contributed by atoms with van der Waals surface area (Å²) in [4.78, 5) is 45.9. The van der Waals surface area contributed by atoms with Crippen LogP contribution in [0.2, 0.25) is 0 Å². The fourth-order valence-corrected chi connectivity index (χ4v) is 5.99. The van der Waals surface area contributed by atoms with Gasteiger partial charge in [0.1, 0.15) is 28.5 Å². The first-order valence-corrected chi connectivity index (χ1v) is 18.0. The molecule has 3 aromatic rings. The number of anilines is 2. The fourth-order valence-electron chi connectivity index (χ4n) is 5.99. The molecule has 16 heteroatoms. The van der Waals surface area contributed by atoms with Crippen LogP contribution in [-0.4, -0.2) is 93.3 Å². The van der Waals surface area contributed by atoms with Crippen LogP contribution >= 0.6 is 0 Å². The monoisotopic (exact) mass is 754 g/mol. The fraction of sp³-hybridized carbons (Fsp3) is 0.500. The summed E-state index contributed by atoms with van der Waals surface area (Å²) in [5.74, 6) is -2.05. The maximum atomic E-state index is 14.4. The SMILES string of the molecule is COCOc1ccc2c(c1)CN(C(=O)OC(C)(C)C)C([C@H](O)CNC(=O)c1cc(NC3CCC3)ncc1F)C2.O=C(O)c1cc(NC2CCC2)ncc1F. The molecule has 2 fully saturated rings. The van der Waals surface area contributed by atoms with E-state index in [1.54, 1.807) is 26.8 Å². The average Bonchev–Trinajstić information content (AvgIpc) is 3.09. The van der Waals surface area contributed by atoms with Crippen molar-refractivity contribution in [3.05, 3.63) is 76.6 Å². The quantitative estimate of drug-likeness (QED) is 0.147. The molecule has 0 radical (unpaired) electrons. The number of ether oxygens (including phenoxy) is 3. The van der Waals surface area contributed by atoms with E-state index >= 15 is 0 Å². The third-order valence-electron chi connectivity index (χ3n) is 9.34. The molecule has 2 amide bonds. The highest BCUT2D eigenvalue weighted by Crippen LogP contribution is 2.30. The molecule has 2 atom stereocenters. The zero-order valence-electron chi connectivity index (χ0n) is 30.9. The number of carboxylic acid groups (broad SMARTS) is 1. The zero-order valence-corrected chi connectivity index (χ0v) is 30.9. The second kappa shape index (κ2) is 17.8. The average molecular weight is 755 g/mol. The minimum atomic E-state index is -1.27. The van der Waals surface area contributed by atoms with Gasteiger partial charge in [-0.1, -0.05) is 6.07 Å². The van der Waals surface area contributed by atoms with E-state index in [0.29, 0.717) is 29.8 Å². The minimum Gasteiger partial charge on any atom is -0.478 e. The molecule has 2 aliphatic carbocycles. The van der Waals surface area contributed by atoms with E-state index in [9.17, 15) is 28.3 Å². The van der Waals surface area contributed by atoms with Crippen molar-refractivity contribution >= 4 is 29.6 Å². The van der Waals surface area contributed by atoms with E-state index in [-0.39, 0.29) is 37.1 Å². The van der Waals surface area contributed by atoms with Gasteiger partial charge in [-0.15, -0.1) is 0 Å². The van der Waals surface area contributed by atoms with Gasteiger partial charge >= 0.3 is 12.1 Å². The Bertz CT molecular complexity index is 1800. The van der Waals surface area contributed by atoms with Crippen molar-refractivity contribution in [3.63, 3.8) is 0 Å². The number of aromatic carboxylic acids is 1. The van der Waals surface area contributed by atoms with Crippen LogP contribution in [0.3, 0.4) is 0 Å². The summed E-state index contributed by atoms with van der Waals surface area (Å²) in [5.41, 5.74) is 0.538. The van der Waals surface area contributed by atoms with Gasteiger partial charge in [-0.25, -0.2) is 28.3 Å². The van der Waals surface area contributed by atoms with Gasteiger partial charge < -0.3 is 40.4 Å². The largest absolute Gasteiger partial charge is 0.478 e. The molecule has 3 heterocycles. The first-order valence-electron chi connectivity index (χ1n) is 18.0. The molecular formula is C38H48F2N6O8. The Morgan fingerprint density at radius 3 is 2.06 bits per heavy atom. The molecular weight excluding hydrogens is 706 g/mol. The van der Waals surface area contributed by atoms with Gasteiger partial charge in [0.2, 0.25) is 0 Å².